The minimum Gasteiger partial charge on any atom is -0.494 e. The van der Waals surface area contributed by atoms with E-state index in [4.69, 9.17) is 21.3 Å². The van der Waals surface area contributed by atoms with E-state index in [0.717, 1.165) is 99.3 Å². The molecule has 4 saturated heterocycles. The van der Waals surface area contributed by atoms with Crippen LogP contribution in [0.1, 0.15) is 59.2 Å². The van der Waals surface area contributed by atoms with Crippen molar-refractivity contribution in [3.8, 4) is 16.9 Å². The summed E-state index contributed by atoms with van der Waals surface area (Å²) in [5.41, 5.74) is 5.68. The lowest BCUT2D eigenvalue weighted by Crippen LogP contribution is -2.54. The number of carbonyl (C=O) groups is 4. The first-order valence-corrected chi connectivity index (χ1v) is 28.7. The van der Waals surface area contributed by atoms with E-state index in [1.54, 1.807) is 37.5 Å². The fraction of sp³-hybridized carbons (Fsp3) is 0.415. The maximum Gasteiger partial charge on any atom is 0.262 e. The second kappa shape index (κ2) is 20.8. The number of rotatable bonds is 13. The molecule has 0 radical (unpaired) electrons. The number of hydrogen-bond acceptors (Lipinski definition) is 17. The van der Waals surface area contributed by atoms with Gasteiger partial charge in [-0.3, -0.25) is 48.9 Å². The van der Waals surface area contributed by atoms with Gasteiger partial charge in [0.05, 0.1) is 58.5 Å². The van der Waals surface area contributed by atoms with Crippen molar-refractivity contribution in [3.63, 3.8) is 0 Å². The molecule has 20 nitrogen and oxygen atoms in total. The summed E-state index contributed by atoms with van der Waals surface area (Å²) < 4.78 is 37.1. The first kappa shape index (κ1) is 51.1. The third-order valence-corrected chi connectivity index (χ3v) is 17.2. The first-order chi connectivity index (χ1) is 36.6. The van der Waals surface area contributed by atoms with Crippen LogP contribution in [0.25, 0.3) is 22.2 Å². The fourth-order valence-electron chi connectivity index (χ4n) is 11.5. The molecule has 5 aliphatic heterocycles. The number of amides is 4. The molecular formula is C53H59ClFN14O6P. The summed E-state index contributed by atoms with van der Waals surface area (Å²) in [5.74, 6) is -1.43. The number of carbonyl (C=O) groups excluding carboxylic acids is 4. The van der Waals surface area contributed by atoms with Crippen molar-refractivity contribution in [2.24, 2.45) is 13.0 Å². The van der Waals surface area contributed by atoms with Crippen LogP contribution in [0.5, 0.6) is 5.75 Å². The number of aryl methyl sites for hydroxylation is 1. The first-order valence-electron chi connectivity index (χ1n) is 25.7. The zero-order chi connectivity index (χ0) is 53.0. The SMILES string of the molecule is COc1cc(N2CCC(N3CCN(CC4CCN(c5cc6c(cc5F)C(=O)N([C@@H]5CCC(=O)NC5=O)C6=O)CC4)CC3)CC2)c(-c2cnn(C)c2)cc1Nc1ncc(Cl)c(Nc2ccc3nccnc3c2P(C)(C)=O)n1. The van der Waals surface area contributed by atoms with E-state index in [0.29, 0.717) is 64.3 Å². The number of methoxy groups -OCH3 is 1. The molecule has 0 saturated carbocycles. The molecule has 5 aliphatic rings. The summed E-state index contributed by atoms with van der Waals surface area (Å²) in [4.78, 5) is 79.6. The van der Waals surface area contributed by atoms with E-state index >= 15 is 4.39 Å². The lowest BCUT2D eigenvalue weighted by Gasteiger charge is -2.44. The average molecular weight is 1070 g/mol. The van der Waals surface area contributed by atoms with Crippen LogP contribution in [-0.4, -0.2) is 159 Å². The Labute approximate surface area is 443 Å². The third-order valence-electron chi connectivity index (χ3n) is 15.4. The fourth-order valence-corrected chi connectivity index (χ4v) is 13.1. The van der Waals surface area contributed by atoms with Crippen LogP contribution in [0.15, 0.2) is 67.4 Å². The summed E-state index contributed by atoms with van der Waals surface area (Å²) >= 11 is 6.68. The van der Waals surface area contributed by atoms with Crippen molar-refractivity contribution < 1.29 is 32.9 Å². The van der Waals surface area contributed by atoms with Gasteiger partial charge >= 0.3 is 0 Å². The molecule has 3 N–H and O–H groups in total. The van der Waals surface area contributed by atoms with E-state index in [1.807, 2.05) is 42.5 Å². The van der Waals surface area contributed by atoms with Crippen molar-refractivity contribution in [3.05, 3.63) is 89.3 Å². The minimum atomic E-state index is -2.85. The van der Waals surface area contributed by atoms with Gasteiger partial charge in [0.1, 0.15) is 35.3 Å². The molecule has 11 rings (SSSR count). The van der Waals surface area contributed by atoms with Gasteiger partial charge in [-0.15, -0.1) is 0 Å². The highest BCUT2D eigenvalue weighted by molar-refractivity contribution is 7.71. The maximum absolute atomic E-state index is 15.6. The Kier molecular flexibility index (Phi) is 14.0. The minimum absolute atomic E-state index is 0.0163. The Bertz CT molecular complexity index is 3330. The maximum atomic E-state index is 15.6. The molecule has 76 heavy (non-hydrogen) atoms. The van der Waals surface area contributed by atoms with Crippen molar-refractivity contribution in [2.75, 3.05) is 99.8 Å². The van der Waals surface area contributed by atoms with Gasteiger partial charge in [0.25, 0.3) is 11.8 Å². The number of halogens is 2. The van der Waals surface area contributed by atoms with Crippen molar-refractivity contribution in [2.45, 2.75) is 50.6 Å². The Hall–Kier alpha value is -7.06. The van der Waals surface area contributed by atoms with E-state index < -0.39 is 42.6 Å². The molecule has 3 aromatic carbocycles. The lowest BCUT2D eigenvalue weighted by molar-refractivity contribution is -0.136. The van der Waals surface area contributed by atoms with Crippen molar-refractivity contribution in [1.29, 1.82) is 0 Å². The normalized spacial score (nSPS) is 19.4. The number of aromatic nitrogens is 6. The number of imide groups is 2. The number of piperazine rings is 1. The molecule has 0 bridgehead atoms. The van der Waals surface area contributed by atoms with Gasteiger partial charge in [0, 0.05) is 120 Å². The highest BCUT2D eigenvalue weighted by atomic mass is 35.5. The number of nitrogens with zero attached hydrogens (tertiary/aromatic N) is 11. The van der Waals surface area contributed by atoms with E-state index in [2.05, 4.69) is 56.8 Å². The number of nitrogens with one attached hydrogen (secondary N) is 3. The predicted octanol–water partition coefficient (Wildman–Crippen LogP) is 6.26. The number of anilines is 6. The number of piperidine rings is 3. The average Bonchev–Trinajstić information content (AvgIpc) is 3.99. The smallest absolute Gasteiger partial charge is 0.262 e. The second-order valence-corrected chi connectivity index (χ2v) is 24.2. The highest BCUT2D eigenvalue weighted by Gasteiger charge is 2.45. The third kappa shape index (κ3) is 10.1. The van der Waals surface area contributed by atoms with Gasteiger partial charge in [0.15, 0.2) is 5.82 Å². The van der Waals surface area contributed by atoms with Crippen molar-refractivity contribution in [1.82, 2.24) is 49.7 Å². The van der Waals surface area contributed by atoms with E-state index in [9.17, 15) is 23.7 Å². The molecular weight excluding hydrogens is 1010 g/mol. The van der Waals surface area contributed by atoms with Gasteiger partial charge < -0.3 is 34.6 Å². The summed E-state index contributed by atoms with van der Waals surface area (Å²) in [6, 6.07) is 9.67. The largest absolute Gasteiger partial charge is 0.494 e. The molecule has 4 fully saturated rings. The van der Waals surface area contributed by atoms with Gasteiger partial charge in [-0.25, -0.2) is 9.37 Å². The molecule has 0 unspecified atom stereocenters. The summed E-state index contributed by atoms with van der Waals surface area (Å²) in [7, 11) is 0.694. The van der Waals surface area contributed by atoms with E-state index in [-0.39, 0.29) is 40.6 Å². The van der Waals surface area contributed by atoms with Crippen LogP contribution in [-0.2, 0) is 21.2 Å². The van der Waals surface area contributed by atoms with Gasteiger partial charge in [-0.1, -0.05) is 11.6 Å². The highest BCUT2D eigenvalue weighted by Crippen LogP contribution is 2.44. The molecule has 1 atom stereocenters. The molecule has 396 valence electrons. The molecule has 3 aromatic heterocycles. The number of ether oxygens (including phenoxy) is 1. The summed E-state index contributed by atoms with van der Waals surface area (Å²) in [5, 5.41) is 14.2. The van der Waals surface area contributed by atoms with Crippen LogP contribution >= 0.6 is 18.7 Å². The Morgan fingerprint density at radius 1 is 0.803 bits per heavy atom. The number of fused-ring (bicyclic) bond motifs is 2. The Balaban J connectivity index is 0.704. The van der Waals surface area contributed by atoms with Gasteiger partial charge in [-0.2, -0.15) is 10.1 Å². The topological polar surface area (TPSA) is 216 Å². The van der Waals surface area contributed by atoms with E-state index in [1.165, 1.54) is 12.3 Å². The second-order valence-electron chi connectivity index (χ2n) is 20.6. The number of benzene rings is 3. The van der Waals surface area contributed by atoms with Gasteiger partial charge in [-0.05, 0) is 81.7 Å². The summed E-state index contributed by atoms with van der Waals surface area (Å²) in [6.07, 6.45) is 12.4. The van der Waals surface area contributed by atoms with Gasteiger partial charge in [0.2, 0.25) is 17.8 Å². The van der Waals surface area contributed by atoms with Crippen LogP contribution in [0, 0.1) is 11.7 Å². The lowest BCUT2D eigenvalue weighted by atomic mass is 9.94. The standard InChI is InChI=1S/C53H59ClFN14O6P/c1-64-30-32(27-59-64)34-24-41(61-53-58-28-37(54)49(63-53)60-40-6-5-39-47(57-14-13-56-39)48(40)76(3,4)74)45(75-2)26-43(34)67-17-11-33(12-18-67)66-21-19-65(20-22-66)29-31-9-15-68(16-10-31)44-25-36-35(23-38(44)55)51(72)69(52(36)73)42-7-8-46(70)62-50(42)71/h5-6,13-14,23-28,30-31,33,42H,7-12,15-22,29H2,1-4H3,(H,62,70,71)(H2,58,60,61,63)/t42-/m1/s1. The molecule has 23 heteroatoms. The van der Waals surface area contributed by atoms with Crippen LogP contribution in [0.2, 0.25) is 5.02 Å². The zero-order valence-corrected chi connectivity index (χ0v) is 44.4. The monoisotopic (exact) mass is 1070 g/mol. The predicted molar refractivity (Wildman–Crippen MR) is 289 cm³/mol. The zero-order valence-electron chi connectivity index (χ0n) is 42.8. The Morgan fingerprint density at radius 2 is 1.51 bits per heavy atom. The molecule has 4 amide bonds. The molecule has 6 aromatic rings. The quantitative estimate of drug-likeness (QED) is 0.0859. The molecule has 8 heterocycles. The summed E-state index contributed by atoms with van der Waals surface area (Å²) in [6.45, 7) is 11.3. The van der Waals surface area contributed by atoms with Crippen LogP contribution < -0.4 is 35.8 Å². The van der Waals surface area contributed by atoms with Crippen molar-refractivity contribution >= 4 is 93.2 Å². The number of hydrogen-bond donors (Lipinski definition) is 3. The van der Waals surface area contributed by atoms with Crippen LogP contribution in [0.3, 0.4) is 0 Å². The Morgan fingerprint density at radius 3 is 2.21 bits per heavy atom. The molecule has 0 spiro atoms. The molecule has 0 aliphatic carbocycles. The van der Waals surface area contributed by atoms with Crippen LogP contribution in [0.4, 0.5) is 38.9 Å².